The molecule has 1 atom stereocenters. The van der Waals surface area contributed by atoms with Crippen molar-refractivity contribution in [3.8, 4) is 23.0 Å². The Morgan fingerprint density at radius 2 is 1.41 bits per heavy atom. The van der Waals surface area contributed by atoms with Crippen molar-refractivity contribution in [3.63, 3.8) is 0 Å². The van der Waals surface area contributed by atoms with Crippen molar-refractivity contribution in [3.05, 3.63) is 83.4 Å². The van der Waals surface area contributed by atoms with Crippen LogP contribution in [0.4, 0.5) is 0 Å². The molecule has 1 unspecified atom stereocenters. The summed E-state index contributed by atoms with van der Waals surface area (Å²) in [5.41, 5.74) is 3.43. The molecule has 0 bridgehead atoms. The van der Waals surface area contributed by atoms with Crippen LogP contribution in [0.5, 0.6) is 23.0 Å². The third kappa shape index (κ3) is 5.64. The van der Waals surface area contributed by atoms with E-state index >= 15 is 0 Å². The lowest BCUT2D eigenvalue weighted by Gasteiger charge is -2.36. The fourth-order valence-corrected chi connectivity index (χ4v) is 4.39. The van der Waals surface area contributed by atoms with Gasteiger partial charge in [-0.25, -0.2) is 0 Å². The maximum atomic E-state index is 6.14. The minimum absolute atomic E-state index is 0.0595. The molecule has 4 rings (SSSR count). The molecule has 1 heterocycles. The molecule has 0 amide bonds. The Hall–Kier alpha value is -3.22. The number of benzene rings is 3. The minimum atomic E-state index is 0.0595. The van der Waals surface area contributed by atoms with Crippen molar-refractivity contribution in [1.82, 2.24) is 10.2 Å². The molecular weight excluding hydrogens is 428 g/mol. The Kier molecular flexibility index (Phi) is 8.28. The number of nitrogens with zero attached hydrogens (tertiary/aromatic N) is 1. The van der Waals surface area contributed by atoms with Gasteiger partial charge in [0.2, 0.25) is 0 Å². The molecule has 180 valence electrons. The van der Waals surface area contributed by atoms with E-state index in [0.717, 1.165) is 65.9 Å². The third-order valence-electron chi connectivity index (χ3n) is 6.06. The number of ether oxygens (including phenoxy) is 4. The largest absolute Gasteiger partial charge is 0.493 e. The van der Waals surface area contributed by atoms with Gasteiger partial charge in [0.05, 0.1) is 26.9 Å². The lowest BCUT2D eigenvalue weighted by molar-refractivity contribution is 0.197. The highest BCUT2D eigenvalue weighted by Gasteiger charge is 2.26. The average molecular weight is 463 g/mol. The maximum Gasteiger partial charge on any atom is 0.161 e. The molecule has 6 nitrogen and oxygen atoms in total. The van der Waals surface area contributed by atoms with Crippen LogP contribution in [-0.2, 0) is 6.61 Å². The van der Waals surface area contributed by atoms with Gasteiger partial charge in [-0.05, 0) is 47.9 Å². The second kappa shape index (κ2) is 11.8. The highest BCUT2D eigenvalue weighted by Crippen LogP contribution is 2.38. The van der Waals surface area contributed by atoms with Crippen molar-refractivity contribution in [2.75, 3.05) is 47.0 Å². The summed E-state index contributed by atoms with van der Waals surface area (Å²) in [5.74, 6) is 2.97. The van der Waals surface area contributed by atoms with Crippen LogP contribution < -0.4 is 24.3 Å². The Labute approximate surface area is 202 Å². The number of nitrogens with one attached hydrogen (secondary N) is 1. The minimum Gasteiger partial charge on any atom is -0.493 e. The summed E-state index contributed by atoms with van der Waals surface area (Å²) in [6.07, 6.45) is 0. The summed E-state index contributed by atoms with van der Waals surface area (Å²) in [6.45, 7) is 6.89. The second-order valence-electron chi connectivity index (χ2n) is 8.22. The van der Waals surface area contributed by atoms with Crippen molar-refractivity contribution in [1.29, 1.82) is 0 Å². The van der Waals surface area contributed by atoms with Crippen molar-refractivity contribution >= 4 is 0 Å². The fraction of sp³-hybridized carbons (Fsp3) is 0.357. The molecule has 3 aromatic rings. The van der Waals surface area contributed by atoms with Crippen LogP contribution in [0.3, 0.4) is 0 Å². The predicted octanol–water partition coefficient (Wildman–Crippen LogP) is 4.68. The van der Waals surface area contributed by atoms with Gasteiger partial charge in [0, 0.05) is 26.2 Å². The third-order valence-corrected chi connectivity index (χ3v) is 6.06. The van der Waals surface area contributed by atoms with Crippen molar-refractivity contribution < 1.29 is 18.9 Å². The molecular formula is C28H34N2O4. The van der Waals surface area contributed by atoms with Gasteiger partial charge in [-0.3, -0.25) is 4.90 Å². The summed E-state index contributed by atoms with van der Waals surface area (Å²) in [6, 6.07) is 22.7. The molecule has 3 aromatic carbocycles. The van der Waals surface area contributed by atoms with Gasteiger partial charge in [0.25, 0.3) is 0 Å². The van der Waals surface area contributed by atoms with Crippen LogP contribution in [-0.4, -0.2) is 51.9 Å². The zero-order valence-corrected chi connectivity index (χ0v) is 20.3. The number of piperazine rings is 1. The van der Waals surface area contributed by atoms with E-state index in [1.165, 1.54) is 0 Å². The second-order valence-corrected chi connectivity index (χ2v) is 8.22. The molecule has 34 heavy (non-hydrogen) atoms. The van der Waals surface area contributed by atoms with Crippen molar-refractivity contribution in [2.24, 2.45) is 0 Å². The van der Waals surface area contributed by atoms with E-state index in [9.17, 15) is 0 Å². The van der Waals surface area contributed by atoms with E-state index in [0.29, 0.717) is 13.2 Å². The summed E-state index contributed by atoms with van der Waals surface area (Å²) in [5, 5.41) is 3.46. The van der Waals surface area contributed by atoms with Crippen LogP contribution in [0.25, 0.3) is 0 Å². The van der Waals surface area contributed by atoms with Crippen molar-refractivity contribution in [2.45, 2.75) is 19.6 Å². The normalized spacial score (nSPS) is 14.9. The van der Waals surface area contributed by atoms with Crippen LogP contribution in [0.15, 0.2) is 66.7 Å². The fourth-order valence-electron chi connectivity index (χ4n) is 4.39. The topological polar surface area (TPSA) is 52.2 Å². The first kappa shape index (κ1) is 23.9. The summed E-state index contributed by atoms with van der Waals surface area (Å²) >= 11 is 0. The molecule has 1 aliphatic heterocycles. The molecule has 0 spiro atoms. The molecule has 1 N–H and O–H groups in total. The van der Waals surface area contributed by atoms with Crippen LogP contribution in [0.1, 0.15) is 29.7 Å². The average Bonchev–Trinajstić information content (AvgIpc) is 2.89. The maximum absolute atomic E-state index is 6.14. The molecule has 0 radical (unpaired) electrons. The first-order valence-electron chi connectivity index (χ1n) is 11.8. The highest BCUT2D eigenvalue weighted by molar-refractivity contribution is 5.49. The Balaban J connectivity index is 1.68. The standard InChI is InChI=1S/C28H34N2O4/c1-4-33-27-19-23(11-13-25(27)34-20-21-8-6-5-7-9-21)28(30-16-14-29-15-17-30)22-10-12-24(31-2)26(18-22)32-3/h5-13,18-19,28-29H,4,14-17,20H2,1-3H3. The van der Waals surface area contributed by atoms with Crippen LogP contribution >= 0.6 is 0 Å². The Bertz CT molecular complexity index is 1050. The van der Waals surface area contributed by atoms with E-state index < -0.39 is 0 Å². The van der Waals surface area contributed by atoms with Gasteiger partial charge in [-0.15, -0.1) is 0 Å². The lowest BCUT2D eigenvalue weighted by atomic mass is 9.95. The SMILES string of the molecule is CCOc1cc(C(c2ccc(OC)c(OC)c2)N2CCNCC2)ccc1OCc1ccccc1. The zero-order chi connectivity index (χ0) is 23.8. The summed E-state index contributed by atoms with van der Waals surface area (Å²) in [4.78, 5) is 2.49. The smallest absolute Gasteiger partial charge is 0.161 e. The van der Waals surface area contributed by atoms with E-state index in [1.807, 2.05) is 37.3 Å². The number of hydrogen-bond donors (Lipinski definition) is 1. The molecule has 0 saturated carbocycles. The van der Waals surface area contributed by atoms with Crippen LogP contribution in [0.2, 0.25) is 0 Å². The molecule has 6 heteroatoms. The predicted molar refractivity (Wildman–Crippen MR) is 134 cm³/mol. The molecule has 0 aliphatic carbocycles. The molecule has 0 aromatic heterocycles. The van der Waals surface area contributed by atoms with E-state index in [-0.39, 0.29) is 6.04 Å². The summed E-state index contributed by atoms with van der Waals surface area (Å²) in [7, 11) is 3.33. The highest BCUT2D eigenvalue weighted by atomic mass is 16.5. The first-order chi connectivity index (χ1) is 16.7. The zero-order valence-electron chi connectivity index (χ0n) is 20.3. The first-order valence-corrected chi connectivity index (χ1v) is 11.8. The van der Waals surface area contributed by atoms with Gasteiger partial charge >= 0.3 is 0 Å². The number of hydrogen-bond acceptors (Lipinski definition) is 6. The van der Waals surface area contributed by atoms with Gasteiger partial charge < -0.3 is 24.3 Å². The van der Waals surface area contributed by atoms with E-state index in [4.69, 9.17) is 18.9 Å². The van der Waals surface area contributed by atoms with Gasteiger partial charge in [-0.2, -0.15) is 0 Å². The molecule has 1 saturated heterocycles. The molecule has 1 fully saturated rings. The Morgan fingerprint density at radius 3 is 2.06 bits per heavy atom. The Morgan fingerprint density at radius 1 is 0.765 bits per heavy atom. The summed E-state index contributed by atoms with van der Waals surface area (Å²) < 4.78 is 23.2. The molecule has 1 aliphatic rings. The van der Waals surface area contributed by atoms with Gasteiger partial charge in [0.1, 0.15) is 6.61 Å². The van der Waals surface area contributed by atoms with Crippen LogP contribution in [0, 0.1) is 0 Å². The van der Waals surface area contributed by atoms with E-state index in [2.05, 4.69) is 46.6 Å². The monoisotopic (exact) mass is 462 g/mol. The lowest BCUT2D eigenvalue weighted by Crippen LogP contribution is -2.45. The number of rotatable bonds is 10. The number of methoxy groups -OCH3 is 2. The quantitative estimate of drug-likeness (QED) is 0.472. The van der Waals surface area contributed by atoms with Gasteiger partial charge in [0.15, 0.2) is 23.0 Å². The van der Waals surface area contributed by atoms with E-state index in [1.54, 1.807) is 14.2 Å². The van der Waals surface area contributed by atoms with Gasteiger partial charge in [-0.1, -0.05) is 42.5 Å².